The van der Waals surface area contributed by atoms with Crippen LogP contribution in [0.25, 0.3) is 0 Å². The first kappa shape index (κ1) is 38.4. The smallest absolute Gasteiger partial charge is 0.415 e. The topological polar surface area (TPSA) is 107 Å². The van der Waals surface area contributed by atoms with Gasteiger partial charge in [-0.15, -0.1) is 0 Å². The summed E-state index contributed by atoms with van der Waals surface area (Å²) in [5.41, 5.74) is -0.975. The van der Waals surface area contributed by atoms with Gasteiger partial charge < -0.3 is 29.2 Å². The first-order valence-electron chi connectivity index (χ1n) is 16.6. The summed E-state index contributed by atoms with van der Waals surface area (Å²) in [4.78, 5) is 42.8. The maximum absolute atomic E-state index is 16.7. The van der Waals surface area contributed by atoms with Gasteiger partial charge in [0.15, 0.2) is 5.82 Å². The van der Waals surface area contributed by atoms with E-state index < -0.39 is 46.8 Å². The highest BCUT2D eigenvalue weighted by Gasteiger charge is 2.42. The zero-order chi connectivity index (χ0) is 36.0. The van der Waals surface area contributed by atoms with Gasteiger partial charge in [0.2, 0.25) is 0 Å². The van der Waals surface area contributed by atoms with Crippen molar-refractivity contribution in [1.29, 1.82) is 0 Å². The molecule has 1 atom stereocenters. The lowest BCUT2D eigenvalue weighted by molar-refractivity contribution is -0.152. The highest BCUT2D eigenvalue weighted by atomic mass is 19.1. The highest BCUT2D eigenvalue weighted by molar-refractivity contribution is 5.93. The zero-order valence-electron chi connectivity index (χ0n) is 30.5. The van der Waals surface area contributed by atoms with Gasteiger partial charge in [-0.3, -0.25) is 9.69 Å². The molecule has 11 heteroatoms. The first-order valence-corrected chi connectivity index (χ1v) is 16.6. The largest absolute Gasteiger partial charge is 0.487 e. The number of hydrogen-bond acceptors (Lipinski definition) is 8. The van der Waals surface area contributed by atoms with Crippen LogP contribution in [0.15, 0.2) is 36.4 Å². The van der Waals surface area contributed by atoms with Crippen molar-refractivity contribution >= 4 is 29.5 Å². The Morgan fingerprint density at radius 2 is 1.54 bits per heavy atom. The van der Waals surface area contributed by atoms with Crippen LogP contribution in [0.1, 0.15) is 93.7 Å². The molecule has 1 N–H and O–H groups in total. The third-order valence-corrected chi connectivity index (χ3v) is 7.09. The van der Waals surface area contributed by atoms with E-state index in [1.165, 1.54) is 4.90 Å². The van der Waals surface area contributed by atoms with Crippen molar-refractivity contribution in [3.8, 4) is 5.75 Å². The summed E-state index contributed by atoms with van der Waals surface area (Å²) in [6.07, 6.45) is -0.408. The molecule has 3 rings (SSSR count). The van der Waals surface area contributed by atoms with Crippen LogP contribution >= 0.6 is 0 Å². The lowest BCUT2D eigenvalue weighted by Crippen LogP contribution is -2.49. The molecule has 48 heavy (non-hydrogen) atoms. The molecule has 10 nitrogen and oxygen atoms in total. The second-order valence-electron chi connectivity index (χ2n) is 15.6. The molecule has 0 bridgehead atoms. The average Bonchev–Trinajstić information content (AvgIpc) is 3.29. The van der Waals surface area contributed by atoms with Crippen LogP contribution in [0.5, 0.6) is 5.75 Å². The number of fused-ring (bicyclic) bond motifs is 1. The highest BCUT2D eigenvalue weighted by Crippen LogP contribution is 2.44. The summed E-state index contributed by atoms with van der Waals surface area (Å²) in [7, 11) is 0. The summed E-state index contributed by atoms with van der Waals surface area (Å²) in [5, 5.41) is 2.89. The molecular formula is C37H54FN3O7. The lowest BCUT2D eigenvalue weighted by Gasteiger charge is -2.34. The number of benzene rings is 2. The van der Waals surface area contributed by atoms with Gasteiger partial charge in [-0.25, -0.2) is 14.0 Å². The van der Waals surface area contributed by atoms with Crippen LogP contribution in [0, 0.1) is 11.7 Å². The van der Waals surface area contributed by atoms with Crippen LogP contribution < -0.4 is 15.0 Å². The molecule has 2 aromatic rings. The average molecular weight is 672 g/mol. The molecule has 0 saturated heterocycles. The van der Waals surface area contributed by atoms with Gasteiger partial charge in [0.25, 0.3) is 0 Å². The van der Waals surface area contributed by atoms with E-state index in [1.54, 1.807) is 73.3 Å². The first-order chi connectivity index (χ1) is 22.1. The molecule has 1 heterocycles. The van der Waals surface area contributed by atoms with E-state index in [9.17, 15) is 14.4 Å². The number of carbonyl (C=O) groups excluding carboxylic acids is 3. The van der Waals surface area contributed by atoms with Crippen LogP contribution in [-0.4, -0.2) is 65.5 Å². The molecule has 0 aliphatic carbocycles. The van der Waals surface area contributed by atoms with E-state index in [2.05, 4.69) is 19.2 Å². The molecule has 0 unspecified atom stereocenters. The van der Waals surface area contributed by atoms with Crippen molar-refractivity contribution in [2.24, 2.45) is 5.92 Å². The Bertz CT molecular complexity index is 1430. The maximum atomic E-state index is 16.7. The Labute approximate surface area is 285 Å². The molecule has 0 spiro atoms. The summed E-state index contributed by atoms with van der Waals surface area (Å²) in [6.45, 7) is 20.3. The number of carbonyl (C=O) groups is 3. The molecule has 0 aromatic heterocycles. The Hall–Kier alpha value is -4.02. The van der Waals surface area contributed by atoms with Crippen molar-refractivity contribution in [3.05, 3.63) is 53.3 Å². The number of esters is 1. The van der Waals surface area contributed by atoms with Gasteiger partial charge in [0.1, 0.15) is 41.4 Å². The molecule has 0 saturated carbocycles. The molecule has 2 amide bonds. The number of hydrogen-bond donors (Lipinski definition) is 1. The summed E-state index contributed by atoms with van der Waals surface area (Å²) in [6, 6.07) is 10.3. The molecular weight excluding hydrogens is 617 g/mol. The van der Waals surface area contributed by atoms with Crippen molar-refractivity contribution in [3.63, 3.8) is 0 Å². The predicted molar refractivity (Wildman–Crippen MR) is 185 cm³/mol. The zero-order valence-corrected chi connectivity index (χ0v) is 30.5. The minimum Gasteiger partial charge on any atom is -0.487 e. The molecule has 2 aromatic carbocycles. The van der Waals surface area contributed by atoms with Gasteiger partial charge in [-0.05, 0) is 80.2 Å². The van der Waals surface area contributed by atoms with Crippen LogP contribution in [0.3, 0.4) is 0 Å². The third kappa shape index (κ3) is 11.6. The standard InChI is InChI=1S/C37H54FN3O7/c1-24(2)17-18-40(33(43)47-36(6,7)8)22-26-19-27-28(41(26)34(44)48-37(9,10)11)20-29(45-23-25-15-13-12-14-16-25)32(31(27)38)39-21-30(42)46-35(3,4)5/h12-16,20,24,26,39H,17-19,21-23H2,1-11H3/t26-/m1/s1. The molecule has 1 aliphatic heterocycles. The van der Waals surface area contributed by atoms with Crippen molar-refractivity contribution in [1.82, 2.24) is 4.90 Å². The van der Waals surface area contributed by atoms with Gasteiger partial charge in [0.05, 0.1) is 11.7 Å². The molecule has 0 radical (unpaired) electrons. The summed E-state index contributed by atoms with van der Waals surface area (Å²) >= 11 is 0. The Morgan fingerprint density at radius 1 is 0.938 bits per heavy atom. The molecule has 266 valence electrons. The number of nitrogens with one attached hydrogen (secondary N) is 1. The van der Waals surface area contributed by atoms with E-state index in [1.807, 2.05) is 30.3 Å². The predicted octanol–water partition coefficient (Wildman–Crippen LogP) is 8.11. The van der Waals surface area contributed by atoms with Crippen LogP contribution in [0.2, 0.25) is 0 Å². The number of nitrogens with zero attached hydrogens (tertiary/aromatic N) is 2. The van der Waals surface area contributed by atoms with Crippen molar-refractivity contribution in [2.45, 2.75) is 118 Å². The van der Waals surface area contributed by atoms with Crippen LogP contribution in [-0.2, 0) is 32.0 Å². The fraction of sp³-hybridized carbons (Fsp3) is 0.595. The lowest BCUT2D eigenvalue weighted by atomic mass is 10.1. The monoisotopic (exact) mass is 671 g/mol. The molecule has 1 aliphatic rings. The quantitative estimate of drug-likeness (QED) is 0.189. The second-order valence-corrected chi connectivity index (χ2v) is 15.6. The molecule has 0 fully saturated rings. The maximum Gasteiger partial charge on any atom is 0.415 e. The summed E-state index contributed by atoms with van der Waals surface area (Å²) < 4.78 is 39.8. The Morgan fingerprint density at radius 3 is 2.10 bits per heavy atom. The van der Waals surface area contributed by atoms with Gasteiger partial charge >= 0.3 is 18.2 Å². The fourth-order valence-electron chi connectivity index (χ4n) is 5.10. The van der Waals surface area contributed by atoms with Crippen molar-refractivity contribution < 1.29 is 37.7 Å². The van der Waals surface area contributed by atoms with Gasteiger partial charge in [-0.1, -0.05) is 44.2 Å². The number of halogens is 1. The normalized spacial score (nSPS) is 14.8. The number of anilines is 2. The van der Waals surface area contributed by atoms with E-state index >= 15 is 4.39 Å². The van der Waals surface area contributed by atoms with Crippen molar-refractivity contribution in [2.75, 3.05) is 29.9 Å². The van der Waals surface area contributed by atoms with E-state index in [0.29, 0.717) is 18.9 Å². The SMILES string of the molecule is CC(C)CCN(C[C@H]1Cc2c(cc(OCc3ccccc3)c(NCC(=O)OC(C)(C)C)c2F)N1C(=O)OC(C)(C)C)C(=O)OC(C)(C)C. The summed E-state index contributed by atoms with van der Waals surface area (Å²) in [5.74, 6) is -0.821. The minimum atomic E-state index is -0.840. The Kier molecular flexibility index (Phi) is 12.4. The van der Waals surface area contributed by atoms with Gasteiger partial charge in [0, 0.05) is 31.1 Å². The number of ether oxygens (including phenoxy) is 4. The number of amides is 2. The van der Waals surface area contributed by atoms with Gasteiger partial charge in [-0.2, -0.15) is 0 Å². The third-order valence-electron chi connectivity index (χ3n) is 7.09. The van der Waals surface area contributed by atoms with E-state index in [-0.39, 0.29) is 48.8 Å². The minimum absolute atomic E-state index is 0.0239. The second kappa shape index (κ2) is 15.5. The van der Waals surface area contributed by atoms with E-state index in [4.69, 9.17) is 18.9 Å². The fourth-order valence-corrected chi connectivity index (χ4v) is 5.10. The number of rotatable bonds is 11. The Balaban J connectivity index is 2.08. The van der Waals surface area contributed by atoms with E-state index in [0.717, 1.165) is 5.56 Å². The van der Waals surface area contributed by atoms with Crippen LogP contribution in [0.4, 0.5) is 25.4 Å².